The Hall–Kier alpha value is -0.910. The molecule has 1 aliphatic rings. The molecule has 0 saturated carbocycles. The highest BCUT2D eigenvalue weighted by molar-refractivity contribution is 5.68. The number of hydrogen-bond donors (Lipinski definition) is 1. The Balaban J connectivity index is 2.42. The molecule has 0 radical (unpaired) electrons. The summed E-state index contributed by atoms with van der Waals surface area (Å²) in [7, 11) is 0. The Morgan fingerprint density at radius 2 is 1.86 bits per heavy atom. The fraction of sp³-hybridized carbons (Fsp3) is 0.933. The second-order valence-corrected chi connectivity index (χ2v) is 7.28. The fourth-order valence-electron chi connectivity index (χ4n) is 2.23. The second kappa shape index (κ2) is 6.90. The number of nitrogens with one attached hydrogen (secondary N) is 1. The van der Waals surface area contributed by atoms with E-state index >= 15 is 0 Å². The third-order valence-electron chi connectivity index (χ3n) is 3.85. The number of nitrogens with zero attached hydrogens (tertiary/aromatic N) is 1. The van der Waals surface area contributed by atoms with Crippen LogP contribution in [0.2, 0.25) is 0 Å². The molecule has 4 nitrogen and oxygen atoms in total. The average Bonchev–Trinajstić information content (AvgIpc) is 2.34. The van der Waals surface area contributed by atoms with Crippen molar-refractivity contribution in [2.45, 2.75) is 65.5 Å². The molecule has 0 aromatic rings. The summed E-state index contributed by atoms with van der Waals surface area (Å²) in [6.07, 6.45) is -1.07. The summed E-state index contributed by atoms with van der Waals surface area (Å²) < 4.78 is 30.3. The van der Waals surface area contributed by atoms with Gasteiger partial charge in [0.15, 0.2) is 0 Å². The summed E-state index contributed by atoms with van der Waals surface area (Å²) >= 11 is 0. The standard InChI is InChI=1S/C15H28F2N2O2/c1-11(12(16)17)18-10-15(5)6-8-19(9-7-15)13(20)21-14(2,3)4/h11-12,18H,6-10H2,1-5H3. The lowest BCUT2D eigenvalue weighted by Crippen LogP contribution is -2.48. The molecule has 1 heterocycles. The van der Waals surface area contributed by atoms with Gasteiger partial charge in [0.2, 0.25) is 0 Å². The van der Waals surface area contributed by atoms with Crippen LogP contribution in [0.3, 0.4) is 0 Å². The van der Waals surface area contributed by atoms with Crippen LogP contribution < -0.4 is 5.32 Å². The summed E-state index contributed by atoms with van der Waals surface area (Å²) in [6, 6.07) is -0.800. The predicted octanol–water partition coefficient (Wildman–Crippen LogP) is 3.27. The van der Waals surface area contributed by atoms with Gasteiger partial charge < -0.3 is 15.0 Å². The van der Waals surface area contributed by atoms with E-state index in [2.05, 4.69) is 12.2 Å². The number of rotatable bonds is 4. The lowest BCUT2D eigenvalue weighted by molar-refractivity contribution is 0.0109. The zero-order chi connectivity index (χ0) is 16.3. The van der Waals surface area contributed by atoms with Gasteiger partial charge in [0, 0.05) is 19.6 Å². The molecule has 1 atom stereocenters. The van der Waals surface area contributed by atoms with Crippen molar-refractivity contribution in [2.24, 2.45) is 5.41 Å². The number of likely N-dealkylation sites (tertiary alicyclic amines) is 1. The van der Waals surface area contributed by atoms with Crippen LogP contribution in [0.15, 0.2) is 0 Å². The van der Waals surface area contributed by atoms with E-state index < -0.39 is 18.1 Å². The van der Waals surface area contributed by atoms with Crippen LogP contribution in [0, 0.1) is 5.41 Å². The van der Waals surface area contributed by atoms with E-state index in [1.54, 1.807) is 4.90 Å². The van der Waals surface area contributed by atoms with Gasteiger partial charge in [-0.2, -0.15) is 0 Å². The number of carbonyl (C=O) groups excluding carboxylic acids is 1. The smallest absolute Gasteiger partial charge is 0.410 e. The molecule has 0 aromatic heterocycles. The molecule has 6 heteroatoms. The number of carbonyl (C=O) groups is 1. The molecule has 1 fully saturated rings. The van der Waals surface area contributed by atoms with E-state index in [1.165, 1.54) is 6.92 Å². The number of amides is 1. The van der Waals surface area contributed by atoms with Crippen LogP contribution in [0.1, 0.15) is 47.5 Å². The summed E-state index contributed by atoms with van der Waals surface area (Å²) in [4.78, 5) is 13.7. The molecule has 0 aromatic carbocycles. The molecule has 1 amide bonds. The van der Waals surface area contributed by atoms with Crippen LogP contribution >= 0.6 is 0 Å². The van der Waals surface area contributed by atoms with Crippen molar-refractivity contribution >= 4 is 6.09 Å². The van der Waals surface area contributed by atoms with Crippen molar-refractivity contribution in [3.05, 3.63) is 0 Å². The van der Waals surface area contributed by atoms with Crippen molar-refractivity contribution in [1.82, 2.24) is 10.2 Å². The maximum atomic E-state index is 12.5. The minimum Gasteiger partial charge on any atom is -0.444 e. The van der Waals surface area contributed by atoms with E-state index in [4.69, 9.17) is 4.74 Å². The minimum absolute atomic E-state index is 0.0539. The third-order valence-corrected chi connectivity index (χ3v) is 3.85. The molecule has 21 heavy (non-hydrogen) atoms. The van der Waals surface area contributed by atoms with Gasteiger partial charge in [-0.05, 0) is 46.0 Å². The molecule has 124 valence electrons. The van der Waals surface area contributed by atoms with Gasteiger partial charge in [0.1, 0.15) is 5.60 Å². The van der Waals surface area contributed by atoms with Gasteiger partial charge in [-0.1, -0.05) is 6.92 Å². The Bertz CT molecular complexity index is 348. The summed E-state index contributed by atoms with van der Waals surface area (Å²) in [6.45, 7) is 10.8. The number of ether oxygens (including phenoxy) is 1. The van der Waals surface area contributed by atoms with Crippen LogP contribution in [-0.4, -0.2) is 48.7 Å². The Labute approximate surface area is 126 Å². The highest BCUT2D eigenvalue weighted by Crippen LogP contribution is 2.31. The molecule has 1 aliphatic heterocycles. The Morgan fingerprint density at radius 3 is 2.29 bits per heavy atom. The van der Waals surface area contributed by atoms with E-state index in [-0.39, 0.29) is 11.5 Å². The molecule has 1 rings (SSSR count). The highest BCUT2D eigenvalue weighted by atomic mass is 19.3. The average molecular weight is 306 g/mol. The van der Waals surface area contributed by atoms with Crippen molar-refractivity contribution < 1.29 is 18.3 Å². The maximum absolute atomic E-state index is 12.5. The second-order valence-electron chi connectivity index (χ2n) is 7.28. The zero-order valence-electron chi connectivity index (χ0n) is 13.7. The van der Waals surface area contributed by atoms with E-state index in [9.17, 15) is 13.6 Å². The first kappa shape index (κ1) is 18.1. The van der Waals surface area contributed by atoms with Gasteiger partial charge in [-0.25, -0.2) is 13.6 Å². The summed E-state index contributed by atoms with van der Waals surface area (Å²) in [5.74, 6) is 0. The van der Waals surface area contributed by atoms with Gasteiger partial charge in [0.05, 0.1) is 6.04 Å². The van der Waals surface area contributed by atoms with Crippen LogP contribution in [0.5, 0.6) is 0 Å². The van der Waals surface area contributed by atoms with E-state index in [1.807, 2.05) is 20.8 Å². The lowest BCUT2D eigenvalue weighted by atomic mass is 9.80. The number of halogens is 2. The van der Waals surface area contributed by atoms with Crippen LogP contribution in [0.4, 0.5) is 13.6 Å². The molecule has 1 saturated heterocycles. The maximum Gasteiger partial charge on any atom is 0.410 e. The molecule has 1 unspecified atom stereocenters. The van der Waals surface area contributed by atoms with Gasteiger partial charge in [-0.3, -0.25) is 0 Å². The van der Waals surface area contributed by atoms with Crippen molar-refractivity contribution in [1.29, 1.82) is 0 Å². The predicted molar refractivity (Wildman–Crippen MR) is 78.6 cm³/mol. The first-order valence-corrected chi connectivity index (χ1v) is 7.52. The molecule has 1 N–H and O–H groups in total. The Kier molecular flexibility index (Phi) is 5.96. The topological polar surface area (TPSA) is 41.6 Å². The zero-order valence-corrected chi connectivity index (χ0v) is 13.7. The molecular weight excluding hydrogens is 278 g/mol. The van der Waals surface area contributed by atoms with E-state index in [0.717, 1.165) is 12.8 Å². The van der Waals surface area contributed by atoms with E-state index in [0.29, 0.717) is 19.6 Å². The van der Waals surface area contributed by atoms with Gasteiger partial charge in [-0.15, -0.1) is 0 Å². The van der Waals surface area contributed by atoms with Crippen molar-refractivity contribution in [3.8, 4) is 0 Å². The first-order valence-electron chi connectivity index (χ1n) is 7.52. The third kappa shape index (κ3) is 6.16. The van der Waals surface area contributed by atoms with Crippen LogP contribution in [-0.2, 0) is 4.74 Å². The summed E-state index contributed by atoms with van der Waals surface area (Å²) in [5, 5.41) is 2.89. The van der Waals surface area contributed by atoms with Crippen molar-refractivity contribution in [3.63, 3.8) is 0 Å². The fourth-order valence-corrected chi connectivity index (χ4v) is 2.23. The summed E-state index contributed by atoms with van der Waals surface area (Å²) in [5.41, 5.74) is -0.548. The lowest BCUT2D eigenvalue weighted by Gasteiger charge is -2.40. The number of hydrogen-bond acceptors (Lipinski definition) is 3. The van der Waals surface area contributed by atoms with Crippen molar-refractivity contribution in [2.75, 3.05) is 19.6 Å². The highest BCUT2D eigenvalue weighted by Gasteiger charge is 2.34. The largest absolute Gasteiger partial charge is 0.444 e. The van der Waals surface area contributed by atoms with Crippen LogP contribution in [0.25, 0.3) is 0 Å². The monoisotopic (exact) mass is 306 g/mol. The molecular formula is C15H28F2N2O2. The number of piperidine rings is 1. The minimum atomic E-state index is -2.35. The van der Waals surface area contributed by atoms with Gasteiger partial charge in [0.25, 0.3) is 6.43 Å². The number of alkyl halides is 2. The first-order chi connectivity index (χ1) is 9.52. The molecule has 0 aliphatic carbocycles. The SMILES string of the molecule is CC(NCC1(C)CCN(C(=O)OC(C)(C)C)CC1)C(F)F. The molecule has 0 bridgehead atoms. The normalized spacial score (nSPS) is 20.5. The van der Waals surface area contributed by atoms with Gasteiger partial charge >= 0.3 is 6.09 Å². The Morgan fingerprint density at radius 1 is 1.33 bits per heavy atom. The molecule has 0 spiro atoms. The quantitative estimate of drug-likeness (QED) is 0.867.